The predicted molar refractivity (Wildman–Crippen MR) is 52.4 cm³/mol. The fourth-order valence-corrected chi connectivity index (χ4v) is 1.00. The topological polar surface area (TPSA) is 76.0 Å². The number of carbonyl (C=O) groups is 1. The van der Waals surface area contributed by atoms with Gasteiger partial charge in [0.1, 0.15) is 5.75 Å². The first-order chi connectivity index (χ1) is 7.13. The first kappa shape index (κ1) is 11.2. The first-order valence-electron chi connectivity index (χ1n) is 4.44. The lowest BCUT2D eigenvalue weighted by Crippen LogP contribution is -2.09. The molecule has 0 radical (unpaired) electrons. The Kier molecular flexibility index (Phi) is 3.79. The van der Waals surface area contributed by atoms with Crippen LogP contribution in [0.25, 0.3) is 0 Å². The van der Waals surface area contributed by atoms with Crippen LogP contribution in [0.3, 0.4) is 0 Å². The quantitative estimate of drug-likeness (QED) is 0.768. The van der Waals surface area contributed by atoms with Crippen molar-refractivity contribution in [1.82, 2.24) is 0 Å². The van der Waals surface area contributed by atoms with Gasteiger partial charge in [-0.15, -0.1) is 0 Å². The van der Waals surface area contributed by atoms with Gasteiger partial charge in [0, 0.05) is 6.07 Å². The van der Waals surface area contributed by atoms with Crippen molar-refractivity contribution in [3.8, 4) is 17.2 Å². The third-order valence-corrected chi connectivity index (χ3v) is 1.59. The minimum Gasteiger partial charge on any atom is -0.504 e. The van der Waals surface area contributed by atoms with Gasteiger partial charge in [-0.2, -0.15) is 0 Å². The van der Waals surface area contributed by atoms with Crippen molar-refractivity contribution < 1.29 is 24.5 Å². The second-order valence-electron chi connectivity index (χ2n) is 2.74. The molecular formula is C10H12O5. The Bertz CT molecular complexity index is 348. The van der Waals surface area contributed by atoms with E-state index in [1.54, 1.807) is 6.92 Å². The van der Waals surface area contributed by atoms with Crippen molar-refractivity contribution in [2.75, 3.05) is 13.2 Å². The molecule has 15 heavy (non-hydrogen) atoms. The summed E-state index contributed by atoms with van der Waals surface area (Å²) >= 11 is 0. The fraction of sp³-hybridized carbons (Fsp3) is 0.300. The van der Waals surface area contributed by atoms with E-state index < -0.39 is 12.6 Å². The molecule has 1 rings (SSSR count). The molecule has 1 aromatic rings. The lowest BCUT2D eigenvalue weighted by Gasteiger charge is -2.08. The molecular weight excluding hydrogens is 200 g/mol. The van der Waals surface area contributed by atoms with E-state index in [4.69, 9.17) is 14.6 Å². The number of rotatable bonds is 5. The number of phenols is 1. The summed E-state index contributed by atoms with van der Waals surface area (Å²) in [5.41, 5.74) is 0. The Labute approximate surface area is 86.9 Å². The highest BCUT2D eigenvalue weighted by molar-refractivity contribution is 5.68. The molecule has 2 N–H and O–H groups in total. The number of hydrogen-bond acceptors (Lipinski definition) is 4. The van der Waals surface area contributed by atoms with Crippen molar-refractivity contribution in [2.24, 2.45) is 0 Å². The van der Waals surface area contributed by atoms with Gasteiger partial charge >= 0.3 is 5.97 Å². The second-order valence-corrected chi connectivity index (χ2v) is 2.74. The molecule has 0 aromatic heterocycles. The first-order valence-corrected chi connectivity index (χ1v) is 4.44. The molecule has 5 heteroatoms. The number of phenolic OH excluding ortho intramolecular Hbond substituents is 1. The maximum absolute atomic E-state index is 10.2. The van der Waals surface area contributed by atoms with Crippen LogP contribution in [-0.2, 0) is 4.79 Å². The molecule has 0 bridgehead atoms. The molecule has 1 aromatic carbocycles. The van der Waals surface area contributed by atoms with Crippen LogP contribution >= 0.6 is 0 Å². The van der Waals surface area contributed by atoms with Crippen LogP contribution in [0.5, 0.6) is 17.2 Å². The number of ether oxygens (including phenoxy) is 2. The summed E-state index contributed by atoms with van der Waals surface area (Å²) in [4.78, 5) is 10.2. The van der Waals surface area contributed by atoms with E-state index >= 15 is 0 Å². The van der Waals surface area contributed by atoms with Crippen LogP contribution in [0.4, 0.5) is 0 Å². The average molecular weight is 212 g/mol. The van der Waals surface area contributed by atoms with Crippen LogP contribution in [0.1, 0.15) is 6.92 Å². The van der Waals surface area contributed by atoms with Crippen molar-refractivity contribution in [3.05, 3.63) is 18.2 Å². The normalized spacial score (nSPS) is 9.67. The van der Waals surface area contributed by atoms with E-state index in [0.717, 1.165) is 0 Å². The minimum atomic E-state index is -1.05. The van der Waals surface area contributed by atoms with Gasteiger partial charge in [0.2, 0.25) is 0 Å². The van der Waals surface area contributed by atoms with E-state index in [0.29, 0.717) is 12.4 Å². The molecule has 0 saturated carbocycles. The Balaban J connectivity index is 2.73. The predicted octanol–water partition coefficient (Wildman–Crippen LogP) is 1.25. The zero-order chi connectivity index (χ0) is 11.3. The lowest BCUT2D eigenvalue weighted by atomic mass is 10.3. The highest BCUT2D eigenvalue weighted by Gasteiger charge is 2.05. The van der Waals surface area contributed by atoms with Crippen molar-refractivity contribution in [2.45, 2.75) is 6.92 Å². The SMILES string of the molecule is CCOc1cc(OCC(=O)O)ccc1O. The Hall–Kier alpha value is -1.91. The molecule has 0 amide bonds. The number of aromatic hydroxyl groups is 1. The molecule has 0 fully saturated rings. The summed E-state index contributed by atoms with van der Waals surface area (Å²) in [5.74, 6) is -0.431. The number of benzene rings is 1. The van der Waals surface area contributed by atoms with Gasteiger partial charge < -0.3 is 19.7 Å². The number of carboxylic acids is 1. The fourth-order valence-electron chi connectivity index (χ4n) is 1.00. The van der Waals surface area contributed by atoms with Gasteiger partial charge in [-0.3, -0.25) is 0 Å². The Morgan fingerprint density at radius 1 is 1.40 bits per heavy atom. The number of aliphatic carboxylic acids is 1. The molecule has 0 heterocycles. The molecule has 82 valence electrons. The van der Waals surface area contributed by atoms with Gasteiger partial charge in [-0.05, 0) is 19.1 Å². The molecule has 0 saturated heterocycles. The largest absolute Gasteiger partial charge is 0.504 e. The number of hydrogen-bond donors (Lipinski definition) is 2. The van der Waals surface area contributed by atoms with Crippen LogP contribution in [-0.4, -0.2) is 29.4 Å². The van der Waals surface area contributed by atoms with E-state index in [-0.39, 0.29) is 11.5 Å². The van der Waals surface area contributed by atoms with E-state index in [9.17, 15) is 9.90 Å². The monoisotopic (exact) mass is 212 g/mol. The van der Waals surface area contributed by atoms with Crippen molar-refractivity contribution in [3.63, 3.8) is 0 Å². The molecule has 0 aliphatic rings. The Morgan fingerprint density at radius 3 is 2.73 bits per heavy atom. The third-order valence-electron chi connectivity index (χ3n) is 1.59. The summed E-state index contributed by atoms with van der Waals surface area (Å²) in [7, 11) is 0. The highest BCUT2D eigenvalue weighted by Crippen LogP contribution is 2.30. The van der Waals surface area contributed by atoms with Crippen LogP contribution in [0.2, 0.25) is 0 Å². The second kappa shape index (κ2) is 5.09. The van der Waals surface area contributed by atoms with Gasteiger partial charge in [-0.25, -0.2) is 4.79 Å². The maximum Gasteiger partial charge on any atom is 0.341 e. The zero-order valence-electron chi connectivity index (χ0n) is 8.27. The minimum absolute atomic E-state index is 0.000440. The summed E-state index contributed by atoms with van der Waals surface area (Å²) in [5, 5.41) is 17.7. The summed E-state index contributed by atoms with van der Waals surface area (Å²) in [6.45, 7) is 1.77. The highest BCUT2D eigenvalue weighted by atomic mass is 16.5. The number of carboxylic acid groups (broad SMARTS) is 1. The molecule has 0 atom stereocenters. The average Bonchev–Trinajstić information content (AvgIpc) is 2.19. The van der Waals surface area contributed by atoms with Crippen molar-refractivity contribution >= 4 is 5.97 Å². The van der Waals surface area contributed by atoms with E-state index in [2.05, 4.69) is 0 Å². The molecule has 0 aliphatic carbocycles. The summed E-state index contributed by atoms with van der Waals surface area (Å²) in [6, 6.07) is 4.31. The van der Waals surface area contributed by atoms with Crippen LogP contribution in [0.15, 0.2) is 18.2 Å². The van der Waals surface area contributed by atoms with Crippen LogP contribution in [0, 0.1) is 0 Å². The summed E-state index contributed by atoms with van der Waals surface area (Å²) in [6.07, 6.45) is 0. The molecule has 0 aliphatic heterocycles. The molecule has 0 unspecified atom stereocenters. The zero-order valence-corrected chi connectivity index (χ0v) is 8.27. The third kappa shape index (κ3) is 3.38. The maximum atomic E-state index is 10.2. The Morgan fingerprint density at radius 2 is 2.13 bits per heavy atom. The summed E-state index contributed by atoms with van der Waals surface area (Å²) < 4.78 is 10.0. The van der Waals surface area contributed by atoms with E-state index in [1.165, 1.54) is 18.2 Å². The smallest absolute Gasteiger partial charge is 0.341 e. The standard InChI is InChI=1S/C10H12O5/c1-2-14-9-5-7(3-4-8(9)11)15-6-10(12)13/h3-5,11H,2,6H2,1H3,(H,12,13). The van der Waals surface area contributed by atoms with Gasteiger partial charge in [0.15, 0.2) is 18.1 Å². The van der Waals surface area contributed by atoms with Gasteiger partial charge in [-0.1, -0.05) is 0 Å². The van der Waals surface area contributed by atoms with Gasteiger partial charge in [0.05, 0.1) is 6.61 Å². The molecule has 5 nitrogen and oxygen atoms in total. The van der Waals surface area contributed by atoms with E-state index in [1.807, 2.05) is 0 Å². The van der Waals surface area contributed by atoms with Gasteiger partial charge in [0.25, 0.3) is 0 Å². The lowest BCUT2D eigenvalue weighted by molar-refractivity contribution is -0.139. The van der Waals surface area contributed by atoms with Crippen LogP contribution < -0.4 is 9.47 Å². The molecule has 0 spiro atoms. The van der Waals surface area contributed by atoms with Crippen molar-refractivity contribution in [1.29, 1.82) is 0 Å².